The molecule has 2 rings (SSSR count). The number of rotatable bonds is 2. The Bertz CT molecular complexity index is 476. The summed E-state index contributed by atoms with van der Waals surface area (Å²) in [6.45, 7) is 2.20. The molecule has 0 aliphatic carbocycles. The molecule has 1 fully saturated rings. The number of carbonyl (C=O) groups is 1. The zero-order valence-electron chi connectivity index (χ0n) is 10.2. The standard InChI is InChI=1S/C13H16F2N2O/c1-7-4-5-9(14)10(11(7)15)12-8(13(16)18)3-2-6-17-12/h4-5,8,12,17H,2-3,6H2,1H3,(H2,16,18). The number of nitrogens with one attached hydrogen (secondary N) is 1. The summed E-state index contributed by atoms with van der Waals surface area (Å²) in [6, 6.07) is 1.94. The maximum atomic E-state index is 14.1. The molecule has 1 aliphatic heterocycles. The van der Waals surface area contributed by atoms with E-state index in [1.165, 1.54) is 12.1 Å². The van der Waals surface area contributed by atoms with Gasteiger partial charge in [0, 0.05) is 11.6 Å². The lowest BCUT2D eigenvalue weighted by Crippen LogP contribution is -2.41. The zero-order chi connectivity index (χ0) is 13.3. The molecule has 1 saturated heterocycles. The van der Waals surface area contributed by atoms with E-state index in [2.05, 4.69) is 5.32 Å². The second-order valence-electron chi connectivity index (χ2n) is 4.67. The molecule has 2 unspecified atom stereocenters. The van der Waals surface area contributed by atoms with Gasteiger partial charge in [-0.3, -0.25) is 4.79 Å². The van der Waals surface area contributed by atoms with Gasteiger partial charge in [0.25, 0.3) is 0 Å². The van der Waals surface area contributed by atoms with E-state index in [1.807, 2.05) is 0 Å². The van der Waals surface area contributed by atoms with Gasteiger partial charge in [-0.2, -0.15) is 0 Å². The summed E-state index contributed by atoms with van der Waals surface area (Å²) in [5.74, 6) is -2.32. The smallest absolute Gasteiger partial charge is 0.222 e. The fourth-order valence-electron chi connectivity index (χ4n) is 2.46. The molecule has 1 amide bonds. The minimum Gasteiger partial charge on any atom is -0.369 e. The molecule has 1 aliphatic rings. The van der Waals surface area contributed by atoms with Crippen LogP contribution >= 0.6 is 0 Å². The van der Waals surface area contributed by atoms with Gasteiger partial charge in [0.15, 0.2) is 0 Å². The molecule has 1 aromatic rings. The molecule has 1 aromatic carbocycles. The maximum absolute atomic E-state index is 14.1. The Kier molecular flexibility index (Phi) is 3.61. The van der Waals surface area contributed by atoms with Crippen molar-refractivity contribution >= 4 is 5.91 Å². The van der Waals surface area contributed by atoms with Crippen molar-refractivity contribution in [2.75, 3.05) is 6.54 Å². The first kappa shape index (κ1) is 13.0. The van der Waals surface area contributed by atoms with E-state index < -0.39 is 29.5 Å². The molecule has 0 aromatic heterocycles. The Morgan fingerprint density at radius 1 is 1.44 bits per heavy atom. The highest BCUT2D eigenvalue weighted by atomic mass is 19.1. The molecule has 0 saturated carbocycles. The summed E-state index contributed by atoms with van der Waals surface area (Å²) in [4.78, 5) is 11.4. The van der Waals surface area contributed by atoms with Crippen LogP contribution in [-0.4, -0.2) is 12.5 Å². The van der Waals surface area contributed by atoms with Gasteiger partial charge in [0.2, 0.25) is 5.91 Å². The van der Waals surface area contributed by atoms with E-state index in [4.69, 9.17) is 5.73 Å². The number of nitrogens with two attached hydrogens (primary N) is 1. The predicted molar refractivity (Wildman–Crippen MR) is 63.8 cm³/mol. The average Bonchev–Trinajstić information content (AvgIpc) is 2.35. The third kappa shape index (κ3) is 2.22. The van der Waals surface area contributed by atoms with Gasteiger partial charge in [0.1, 0.15) is 11.6 Å². The highest BCUT2D eigenvalue weighted by Gasteiger charge is 2.34. The second kappa shape index (κ2) is 5.02. The topological polar surface area (TPSA) is 55.1 Å². The van der Waals surface area contributed by atoms with Crippen molar-refractivity contribution in [3.05, 3.63) is 34.9 Å². The molecule has 0 bridgehead atoms. The fourth-order valence-corrected chi connectivity index (χ4v) is 2.46. The quantitative estimate of drug-likeness (QED) is 0.845. The number of hydrogen-bond donors (Lipinski definition) is 2. The summed E-state index contributed by atoms with van der Waals surface area (Å²) in [5, 5.41) is 2.99. The van der Waals surface area contributed by atoms with E-state index in [0.29, 0.717) is 18.5 Å². The molecular formula is C13H16F2N2O. The van der Waals surface area contributed by atoms with Crippen LogP contribution in [0.1, 0.15) is 30.0 Å². The van der Waals surface area contributed by atoms with E-state index in [9.17, 15) is 13.6 Å². The third-order valence-electron chi connectivity index (χ3n) is 3.45. The Balaban J connectivity index is 2.46. The predicted octanol–water partition coefficient (Wildman–Crippen LogP) is 1.80. The van der Waals surface area contributed by atoms with Crippen LogP contribution in [0.4, 0.5) is 8.78 Å². The molecule has 98 valence electrons. The van der Waals surface area contributed by atoms with Crippen LogP contribution in [0.15, 0.2) is 12.1 Å². The molecule has 2 atom stereocenters. The van der Waals surface area contributed by atoms with E-state index in [0.717, 1.165) is 6.42 Å². The summed E-state index contributed by atoms with van der Waals surface area (Å²) in [6.07, 6.45) is 1.33. The van der Waals surface area contributed by atoms with Crippen molar-refractivity contribution in [1.29, 1.82) is 0 Å². The molecule has 3 nitrogen and oxygen atoms in total. The first-order chi connectivity index (χ1) is 8.52. The summed E-state index contributed by atoms with van der Waals surface area (Å²) in [7, 11) is 0. The third-order valence-corrected chi connectivity index (χ3v) is 3.45. The highest BCUT2D eigenvalue weighted by molar-refractivity contribution is 5.77. The van der Waals surface area contributed by atoms with Crippen LogP contribution in [0.5, 0.6) is 0 Å². The molecule has 1 heterocycles. The molecular weight excluding hydrogens is 238 g/mol. The fraction of sp³-hybridized carbons (Fsp3) is 0.462. The van der Waals surface area contributed by atoms with Gasteiger partial charge in [-0.1, -0.05) is 6.07 Å². The van der Waals surface area contributed by atoms with Crippen LogP contribution in [-0.2, 0) is 4.79 Å². The molecule has 3 N–H and O–H groups in total. The number of benzene rings is 1. The number of primary amides is 1. The number of carbonyl (C=O) groups excluding carboxylic acids is 1. The van der Waals surface area contributed by atoms with Gasteiger partial charge >= 0.3 is 0 Å². The van der Waals surface area contributed by atoms with Crippen LogP contribution in [0.3, 0.4) is 0 Å². The number of aryl methyl sites for hydroxylation is 1. The van der Waals surface area contributed by atoms with Crippen LogP contribution in [0, 0.1) is 24.5 Å². The largest absolute Gasteiger partial charge is 0.369 e. The van der Waals surface area contributed by atoms with Crippen LogP contribution in [0.25, 0.3) is 0 Å². The normalized spacial score (nSPS) is 23.9. The lowest BCUT2D eigenvalue weighted by atomic mass is 9.84. The molecule has 0 radical (unpaired) electrons. The molecule has 0 spiro atoms. The number of halogens is 2. The van der Waals surface area contributed by atoms with Crippen LogP contribution < -0.4 is 11.1 Å². The van der Waals surface area contributed by atoms with Gasteiger partial charge in [-0.05, 0) is 37.9 Å². The van der Waals surface area contributed by atoms with Crippen molar-refractivity contribution in [2.45, 2.75) is 25.8 Å². The van der Waals surface area contributed by atoms with Crippen molar-refractivity contribution < 1.29 is 13.6 Å². The van der Waals surface area contributed by atoms with Crippen molar-refractivity contribution in [1.82, 2.24) is 5.32 Å². The second-order valence-corrected chi connectivity index (χ2v) is 4.67. The maximum Gasteiger partial charge on any atom is 0.222 e. The Labute approximate surface area is 104 Å². The minimum atomic E-state index is -0.670. The highest BCUT2D eigenvalue weighted by Crippen LogP contribution is 2.33. The van der Waals surface area contributed by atoms with Gasteiger partial charge < -0.3 is 11.1 Å². The van der Waals surface area contributed by atoms with Gasteiger partial charge in [0.05, 0.1) is 5.92 Å². The lowest BCUT2D eigenvalue weighted by Gasteiger charge is -2.31. The van der Waals surface area contributed by atoms with Crippen LogP contribution in [0.2, 0.25) is 0 Å². The van der Waals surface area contributed by atoms with E-state index in [1.54, 1.807) is 6.92 Å². The van der Waals surface area contributed by atoms with Crippen molar-refractivity contribution in [3.63, 3.8) is 0 Å². The Morgan fingerprint density at radius 2 is 2.17 bits per heavy atom. The van der Waals surface area contributed by atoms with Crippen molar-refractivity contribution in [2.24, 2.45) is 11.7 Å². The Hall–Kier alpha value is -1.49. The van der Waals surface area contributed by atoms with Gasteiger partial charge in [-0.25, -0.2) is 8.78 Å². The number of amides is 1. The molecule has 18 heavy (non-hydrogen) atoms. The van der Waals surface area contributed by atoms with E-state index >= 15 is 0 Å². The average molecular weight is 254 g/mol. The first-order valence-electron chi connectivity index (χ1n) is 5.99. The minimum absolute atomic E-state index is 0.0708. The number of piperidine rings is 1. The zero-order valence-corrected chi connectivity index (χ0v) is 10.2. The number of hydrogen-bond acceptors (Lipinski definition) is 2. The van der Waals surface area contributed by atoms with Gasteiger partial charge in [-0.15, -0.1) is 0 Å². The summed E-state index contributed by atoms with van der Waals surface area (Å²) >= 11 is 0. The van der Waals surface area contributed by atoms with Crippen molar-refractivity contribution in [3.8, 4) is 0 Å². The van der Waals surface area contributed by atoms with E-state index in [-0.39, 0.29) is 5.56 Å². The monoisotopic (exact) mass is 254 g/mol. The SMILES string of the molecule is Cc1ccc(F)c(C2NCCCC2C(N)=O)c1F. The Morgan fingerprint density at radius 3 is 2.83 bits per heavy atom. The first-order valence-corrected chi connectivity index (χ1v) is 5.99. The summed E-state index contributed by atoms with van der Waals surface area (Å²) in [5.41, 5.74) is 5.60. The lowest BCUT2D eigenvalue weighted by molar-refractivity contribution is -0.123. The molecule has 5 heteroatoms. The summed E-state index contributed by atoms with van der Waals surface area (Å²) < 4.78 is 27.9.